The van der Waals surface area contributed by atoms with Gasteiger partial charge >= 0.3 is 0 Å². The topological polar surface area (TPSA) is 35.5 Å². The molecule has 0 aliphatic rings. The first kappa shape index (κ1) is 12.0. The van der Waals surface area contributed by atoms with E-state index in [2.05, 4.69) is 0 Å². The van der Waals surface area contributed by atoms with Crippen LogP contribution in [0.5, 0.6) is 11.5 Å². The fourth-order valence-corrected chi connectivity index (χ4v) is 3.42. The third-order valence-corrected chi connectivity index (χ3v) is 4.34. The maximum absolute atomic E-state index is 12.5. The van der Waals surface area contributed by atoms with E-state index in [1.807, 2.05) is 36.4 Å². The lowest BCUT2D eigenvalue weighted by atomic mass is 10.1. The van der Waals surface area contributed by atoms with Crippen LogP contribution in [0, 0.1) is 0 Å². The van der Waals surface area contributed by atoms with Crippen molar-refractivity contribution in [2.45, 2.75) is 0 Å². The standard InChI is InChI=1S/C15H12O3S/c1-17-11-7-3-5-9-13(16)10-6-4-8-12(18-2)15(10)19-14(9)11/h3-8H,1-2H3. The van der Waals surface area contributed by atoms with Crippen molar-refractivity contribution in [2.75, 3.05) is 14.2 Å². The summed E-state index contributed by atoms with van der Waals surface area (Å²) in [5.41, 5.74) is 0.0153. The van der Waals surface area contributed by atoms with Crippen LogP contribution < -0.4 is 14.9 Å². The van der Waals surface area contributed by atoms with Gasteiger partial charge in [0.25, 0.3) is 0 Å². The van der Waals surface area contributed by atoms with E-state index in [0.717, 1.165) is 9.40 Å². The molecule has 0 spiro atoms. The third-order valence-electron chi connectivity index (χ3n) is 3.09. The lowest BCUT2D eigenvalue weighted by Gasteiger charge is -2.08. The molecule has 2 aromatic carbocycles. The molecule has 0 atom stereocenters. The number of hydrogen-bond acceptors (Lipinski definition) is 4. The zero-order valence-corrected chi connectivity index (χ0v) is 11.4. The lowest BCUT2D eigenvalue weighted by molar-refractivity contribution is 0.420. The summed E-state index contributed by atoms with van der Waals surface area (Å²) < 4.78 is 12.4. The van der Waals surface area contributed by atoms with Gasteiger partial charge in [0.15, 0.2) is 5.43 Å². The molecular formula is C15H12O3S. The van der Waals surface area contributed by atoms with Crippen LogP contribution in [0.15, 0.2) is 41.2 Å². The Balaban J connectivity index is 2.57. The van der Waals surface area contributed by atoms with Gasteiger partial charge in [-0.3, -0.25) is 4.79 Å². The molecule has 0 N–H and O–H groups in total. The van der Waals surface area contributed by atoms with Crippen molar-refractivity contribution < 1.29 is 9.47 Å². The predicted molar refractivity (Wildman–Crippen MR) is 78.7 cm³/mol. The van der Waals surface area contributed by atoms with Crippen molar-refractivity contribution in [1.29, 1.82) is 0 Å². The zero-order chi connectivity index (χ0) is 13.4. The second-order valence-corrected chi connectivity index (χ2v) is 5.13. The maximum atomic E-state index is 12.5. The Morgan fingerprint density at radius 3 is 1.74 bits per heavy atom. The first-order valence-electron chi connectivity index (χ1n) is 5.83. The van der Waals surface area contributed by atoms with Crippen molar-refractivity contribution in [2.24, 2.45) is 0 Å². The average Bonchev–Trinajstić information content (AvgIpc) is 2.46. The summed E-state index contributed by atoms with van der Waals surface area (Å²) in [6.45, 7) is 0. The van der Waals surface area contributed by atoms with E-state index in [4.69, 9.17) is 9.47 Å². The molecule has 0 aliphatic carbocycles. The van der Waals surface area contributed by atoms with E-state index in [-0.39, 0.29) is 5.43 Å². The third kappa shape index (κ3) is 1.76. The first-order chi connectivity index (χ1) is 9.26. The average molecular weight is 272 g/mol. The minimum absolute atomic E-state index is 0.0153. The monoisotopic (exact) mass is 272 g/mol. The summed E-state index contributed by atoms with van der Waals surface area (Å²) in [6, 6.07) is 11.0. The minimum atomic E-state index is 0.0153. The molecule has 3 nitrogen and oxygen atoms in total. The second kappa shape index (κ2) is 4.55. The predicted octanol–water partition coefficient (Wildman–Crippen LogP) is 3.43. The quantitative estimate of drug-likeness (QED) is 0.670. The Morgan fingerprint density at radius 2 is 1.32 bits per heavy atom. The largest absolute Gasteiger partial charge is 0.495 e. The van der Waals surface area contributed by atoms with Gasteiger partial charge in [-0.15, -0.1) is 11.3 Å². The van der Waals surface area contributed by atoms with E-state index in [1.54, 1.807) is 14.2 Å². The van der Waals surface area contributed by atoms with Crippen LogP contribution in [0.3, 0.4) is 0 Å². The molecule has 1 heterocycles. The van der Waals surface area contributed by atoms with Gasteiger partial charge in [-0.25, -0.2) is 0 Å². The highest BCUT2D eigenvalue weighted by molar-refractivity contribution is 7.25. The first-order valence-corrected chi connectivity index (χ1v) is 6.64. The fourth-order valence-electron chi connectivity index (χ4n) is 2.17. The molecular weight excluding hydrogens is 260 g/mol. The van der Waals surface area contributed by atoms with Crippen molar-refractivity contribution in [1.82, 2.24) is 0 Å². The normalized spacial score (nSPS) is 10.8. The Bertz CT molecular complexity index is 756. The molecule has 0 saturated heterocycles. The molecule has 3 aromatic rings. The molecule has 0 saturated carbocycles. The van der Waals surface area contributed by atoms with Crippen molar-refractivity contribution >= 4 is 31.5 Å². The second-order valence-electron chi connectivity index (χ2n) is 4.11. The van der Waals surface area contributed by atoms with Crippen LogP contribution in [-0.2, 0) is 0 Å². The van der Waals surface area contributed by atoms with Gasteiger partial charge in [-0.05, 0) is 24.3 Å². The van der Waals surface area contributed by atoms with E-state index in [0.29, 0.717) is 22.3 Å². The summed E-state index contributed by atoms with van der Waals surface area (Å²) in [4.78, 5) is 12.5. The van der Waals surface area contributed by atoms with Gasteiger partial charge in [0.2, 0.25) is 0 Å². The molecule has 19 heavy (non-hydrogen) atoms. The Labute approximate surface area is 114 Å². The maximum Gasteiger partial charge on any atom is 0.196 e. The molecule has 96 valence electrons. The highest BCUT2D eigenvalue weighted by atomic mass is 32.1. The van der Waals surface area contributed by atoms with Crippen LogP contribution in [-0.4, -0.2) is 14.2 Å². The van der Waals surface area contributed by atoms with Gasteiger partial charge in [-0.1, -0.05) is 12.1 Å². The number of benzene rings is 2. The SMILES string of the molecule is COc1cccc2c(=O)c3cccc(OC)c3sc12. The highest BCUT2D eigenvalue weighted by Crippen LogP contribution is 2.35. The van der Waals surface area contributed by atoms with E-state index < -0.39 is 0 Å². The van der Waals surface area contributed by atoms with Gasteiger partial charge in [-0.2, -0.15) is 0 Å². The van der Waals surface area contributed by atoms with Crippen LogP contribution in [0.2, 0.25) is 0 Å². The number of ether oxygens (including phenoxy) is 2. The summed E-state index contributed by atoms with van der Waals surface area (Å²) in [6.07, 6.45) is 0. The summed E-state index contributed by atoms with van der Waals surface area (Å²) in [5.74, 6) is 1.43. The Hall–Kier alpha value is -2.07. The molecule has 0 unspecified atom stereocenters. The molecule has 0 bridgehead atoms. The number of rotatable bonds is 2. The molecule has 4 heteroatoms. The molecule has 0 radical (unpaired) electrons. The van der Waals surface area contributed by atoms with Crippen LogP contribution in [0.1, 0.15) is 0 Å². The van der Waals surface area contributed by atoms with Crippen LogP contribution >= 0.6 is 11.3 Å². The molecule has 0 aliphatic heterocycles. The van der Waals surface area contributed by atoms with Crippen LogP contribution in [0.4, 0.5) is 0 Å². The van der Waals surface area contributed by atoms with Crippen molar-refractivity contribution in [3.8, 4) is 11.5 Å². The molecule has 0 fully saturated rings. The zero-order valence-electron chi connectivity index (χ0n) is 10.6. The molecule has 0 amide bonds. The minimum Gasteiger partial charge on any atom is -0.495 e. The van der Waals surface area contributed by atoms with Gasteiger partial charge < -0.3 is 9.47 Å². The van der Waals surface area contributed by atoms with Crippen LogP contribution in [0.25, 0.3) is 20.2 Å². The lowest BCUT2D eigenvalue weighted by Crippen LogP contribution is -2.02. The Morgan fingerprint density at radius 1 is 0.842 bits per heavy atom. The summed E-state index contributed by atoms with van der Waals surface area (Å²) >= 11 is 1.52. The fraction of sp³-hybridized carbons (Fsp3) is 0.133. The van der Waals surface area contributed by atoms with E-state index >= 15 is 0 Å². The van der Waals surface area contributed by atoms with Gasteiger partial charge in [0.1, 0.15) is 11.5 Å². The highest BCUT2D eigenvalue weighted by Gasteiger charge is 2.12. The van der Waals surface area contributed by atoms with E-state index in [1.165, 1.54) is 11.3 Å². The van der Waals surface area contributed by atoms with Gasteiger partial charge in [0.05, 0.1) is 23.6 Å². The van der Waals surface area contributed by atoms with Crippen molar-refractivity contribution in [3.05, 3.63) is 46.6 Å². The number of methoxy groups -OCH3 is 2. The van der Waals surface area contributed by atoms with Gasteiger partial charge in [0, 0.05) is 10.8 Å². The smallest absolute Gasteiger partial charge is 0.196 e. The molecule has 3 rings (SSSR count). The molecule has 1 aromatic heterocycles. The number of fused-ring (bicyclic) bond motifs is 2. The Kier molecular flexibility index (Phi) is 2.87. The summed E-state index contributed by atoms with van der Waals surface area (Å²) in [7, 11) is 3.22. The number of hydrogen-bond donors (Lipinski definition) is 0. The summed E-state index contributed by atoms with van der Waals surface area (Å²) in [5, 5.41) is 1.37. The van der Waals surface area contributed by atoms with E-state index in [9.17, 15) is 4.79 Å². The van der Waals surface area contributed by atoms with Crippen molar-refractivity contribution in [3.63, 3.8) is 0 Å².